The molecule has 0 bridgehead atoms. The largest absolute Gasteiger partial charge is 0.0912 e. The molecular formula is C8H7Br3. The normalized spacial score (nSPS) is 13.0. The number of alkyl halides is 2. The van der Waals surface area contributed by atoms with E-state index in [2.05, 4.69) is 59.9 Å². The van der Waals surface area contributed by atoms with Gasteiger partial charge in [0.2, 0.25) is 0 Å². The Morgan fingerprint density at radius 3 is 2.64 bits per heavy atom. The first-order valence-electron chi connectivity index (χ1n) is 3.19. The van der Waals surface area contributed by atoms with E-state index in [0.29, 0.717) is 4.83 Å². The topological polar surface area (TPSA) is 0 Å². The third-order valence-electron chi connectivity index (χ3n) is 1.35. The van der Waals surface area contributed by atoms with Gasteiger partial charge in [-0.05, 0) is 17.7 Å². The highest BCUT2D eigenvalue weighted by Crippen LogP contribution is 2.26. The van der Waals surface area contributed by atoms with Crippen LogP contribution in [0, 0.1) is 0 Å². The minimum absolute atomic E-state index is 0.403. The molecule has 1 rings (SSSR count). The fourth-order valence-electron chi connectivity index (χ4n) is 0.791. The van der Waals surface area contributed by atoms with E-state index in [0.717, 1.165) is 9.80 Å². The van der Waals surface area contributed by atoms with Crippen molar-refractivity contribution in [2.75, 3.05) is 5.33 Å². The van der Waals surface area contributed by atoms with E-state index in [4.69, 9.17) is 0 Å². The molecule has 60 valence electrons. The Kier molecular flexibility index (Phi) is 4.10. The van der Waals surface area contributed by atoms with Gasteiger partial charge >= 0.3 is 0 Å². The summed E-state index contributed by atoms with van der Waals surface area (Å²) in [4.78, 5) is 0.403. The van der Waals surface area contributed by atoms with Gasteiger partial charge in [0, 0.05) is 14.6 Å². The lowest BCUT2D eigenvalue weighted by Gasteiger charge is -2.05. The summed E-state index contributed by atoms with van der Waals surface area (Å²) in [6.45, 7) is 0. The Morgan fingerprint density at radius 2 is 2.09 bits per heavy atom. The molecule has 11 heavy (non-hydrogen) atoms. The Bertz CT molecular complexity index is 235. The van der Waals surface area contributed by atoms with Gasteiger partial charge in [0.25, 0.3) is 0 Å². The van der Waals surface area contributed by atoms with Crippen molar-refractivity contribution in [3.8, 4) is 0 Å². The summed E-state index contributed by atoms with van der Waals surface area (Å²) in [7, 11) is 0. The molecule has 0 spiro atoms. The smallest absolute Gasteiger partial charge is 0.0492 e. The van der Waals surface area contributed by atoms with Crippen LogP contribution in [0.5, 0.6) is 0 Å². The van der Waals surface area contributed by atoms with Crippen molar-refractivity contribution >= 4 is 47.8 Å². The molecule has 0 heterocycles. The van der Waals surface area contributed by atoms with E-state index in [1.54, 1.807) is 0 Å². The summed E-state index contributed by atoms with van der Waals surface area (Å²) in [5.74, 6) is 0. The summed E-state index contributed by atoms with van der Waals surface area (Å²) in [6.07, 6.45) is 0. The van der Waals surface area contributed by atoms with Crippen molar-refractivity contribution in [3.63, 3.8) is 0 Å². The Morgan fingerprint density at radius 1 is 1.36 bits per heavy atom. The van der Waals surface area contributed by atoms with Gasteiger partial charge in [0.05, 0.1) is 0 Å². The van der Waals surface area contributed by atoms with Crippen LogP contribution in [0.1, 0.15) is 10.4 Å². The highest BCUT2D eigenvalue weighted by atomic mass is 79.9. The molecule has 0 radical (unpaired) electrons. The van der Waals surface area contributed by atoms with Crippen molar-refractivity contribution in [1.82, 2.24) is 0 Å². The van der Waals surface area contributed by atoms with Crippen LogP contribution in [-0.2, 0) is 0 Å². The zero-order valence-corrected chi connectivity index (χ0v) is 10.5. The maximum Gasteiger partial charge on any atom is 0.0492 e. The average molecular weight is 343 g/mol. The molecule has 1 aromatic carbocycles. The molecule has 1 unspecified atom stereocenters. The number of hydrogen-bond acceptors (Lipinski definition) is 0. The molecule has 0 saturated carbocycles. The maximum absolute atomic E-state index is 3.55. The monoisotopic (exact) mass is 340 g/mol. The maximum atomic E-state index is 3.55. The number of halogens is 3. The summed E-state index contributed by atoms with van der Waals surface area (Å²) in [6, 6.07) is 8.28. The van der Waals surface area contributed by atoms with Crippen LogP contribution in [-0.4, -0.2) is 5.33 Å². The van der Waals surface area contributed by atoms with E-state index in [-0.39, 0.29) is 0 Å². The molecule has 0 nitrogen and oxygen atoms in total. The van der Waals surface area contributed by atoms with E-state index >= 15 is 0 Å². The summed E-state index contributed by atoms with van der Waals surface area (Å²) >= 11 is 10.4. The van der Waals surface area contributed by atoms with Gasteiger partial charge < -0.3 is 0 Å². The van der Waals surface area contributed by atoms with E-state index < -0.39 is 0 Å². The number of benzene rings is 1. The molecule has 0 saturated heterocycles. The Hall–Kier alpha value is 0.660. The zero-order chi connectivity index (χ0) is 8.27. The second-order valence-corrected chi connectivity index (χ2v) is 4.85. The quantitative estimate of drug-likeness (QED) is 0.704. The van der Waals surface area contributed by atoms with Crippen LogP contribution >= 0.6 is 47.8 Å². The minimum atomic E-state index is 0.403. The first-order chi connectivity index (χ1) is 5.24. The molecule has 0 amide bonds. The van der Waals surface area contributed by atoms with E-state index in [1.807, 2.05) is 12.1 Å². The van der Waals surface area contributed by atoms with Gasteiger partial charge in [0.15, 0.2) is 0 Å². The lowest BCUT2D eigenvalue weighted by molar-refractivity contribution is 1.15. The highest BCUT2D eigenvalue weighted by molar-refractivity contribution is 9.12. The van der Waals surface area contributed by atoms with Crippen molar-refractivity contribution in [3.05, 3.63) is 34.3 Å². The van der Waals surface area contributed by atoms with Crippen molar-refractivity contribution in [1.29, 1.82) is 0 Å². The first-order valence-corrected chi connectivity index (χ1v) is 6.02. The van der Waals surface area contributed by atoms with Crippen LogP contribution in [0.3, 0.4) is 0 Å². The fourth-order valence-corrected chi connectivity index (χ4v) is 1.87. The molecule has 0 aromatic heterocycles. The lowest BCUT2D eigenvalue weighted by atomic mass is 10.2. The van der Waals surface area contributed by atoms with Crippen molar-refractivity contribution in [2.24, 2.45) is 0 Å². The zero-order valence-electron chi connectivity index (χ0n) is 5.73. The molecule has 3 heteroatoms. The summed E-state index contributed by atoms with van der Waals surface area (Å²) < 4.78 is 1.13. The van der Waals surface area contributed by atoms with E-state index in [9.17, 15) is 0 Å². The third-order valence-corrected chi connectivity index (χ3v) is 4.21. The van der Waals surface area contributed by atoms with Gasteiger partial charge in [-0.2, -0.15) is 0 Å². The molecule has 0 aliphatic rings. The second-order valence-electron chi connectivity index (χ2n) is 2.18. The van der Waals surface area contributed by atoms with Crippen LogP contribution in [0.25, 0.3) is 0 Å². The van der Waals surface area contributed by atoms with Crippen LogP contribution in [0.15, 0.2) is 28.7 Å². The SMILES string of the molecule is BrCC(Br)c1cccc(Br)c1. The van der Waals surface area contributed by atoms with Crippen LogP contribution in [0.2, 0.25) is 0 Å². The Labute approximate surface area is 91.8 Å². The summed E-state index contributed by atoms with van der Waals surface area (Å²) in [5.41, 5.74) is 1.29. The fraction of sp³-hybridized carbons (Fsp3) is 0.250. The predicted molar refractivity (Wildman–Crippen MR) is 59.6 cm³/mol. The third kappa shape index (κ3) is 2.88. The number of rotatable bonds is 2. The Balaban J connectivity index is 2.86. The predicted octanol–water partition coefficient (Wildman–Crippen LogP) is 4.28. The van der Waals surface area contributed by atoms with Gasteiger partial charge in [0.1, 0.15) is 0 Å². The van der Waals surface area contributed by atoms with Crippen LogP contribution < -0.4 is 0 Å². The average Bonchev–Trinajstić information content (AvgIpc) is 2.03. The molecule has 1 atom stereocenters. The molecule has 1 aromatic rings. The minimum Gasteiger partial charge on any atom is -0.0912 e. The second kappa shape index (κ2) is 4.63. The lowest BCUT2D eigenvalue weighted by Crippen LogP contribution is -1.89. The molecule has 0 aliphatic heterocycles. The van der Waals surface area contributed by atoms with Gasteiger partial charge in [-0.25, -0.2) is 0 Å². The molecule has 0 aliphatic carbocycles. The standard InChI is InChI=1S/C8H7Br3/c9-5-8(11)6-2-1-3-7(10)4-6/h1-4,8H,5H2. The van der Waals surface area contributed by atoms with Crippen molar-refractivity contribution in [2.45, 2.75) is 4.83 Å². The van der Waals surface area contributed by atoms with Crippen molar-refractivity contribution < 1.29 is 0 Å². The molecule has 0 fully saturated rings. The van der Waals surface area contributed by atoms with Crippen LogP contribution in [0.4, 0.5) is 0 Å². The highest BCUT2D eigenvalue weighted by Gasteiger charge is 2.04. The number of hydrogen-bond donors (Lipinski definition) is 0. The van der Waals surface area contributed by atoms with Gasteiger partial charge in [-0.1, -0.05) is 59.9 Å². The summed E-state index contributed by atoms with van der Waals surface area (Å²) in [5, 5.41) is 0.934. The molecular weight excluding hydrogens is 336 g/mol. The first kappa shape index (κ1) is 9.75. The molecule has 0 N–H and O–H groups in total. The van der Waals surface area contributed by atoms with E-state index in [1.165, 1.54) is 5.56 Å². The van der Waals surface area contributed by atoms with Gasteiger partial charge in [-0.15, -0.1) is 0 Å². The van der Waals surface area contributed by atoms with Gasteiger partial charge in [-0.3, -0.25) is 0 Å².